The van der Waals surface area contributed by atoms with E-state index in [9.17, 15) is 9.59 Å². The SMILES string of the molecule is CN(Cc1ccccn1)C(=O)C1(C(=O)C2CC2)CC1. The number of rotatable bonds is 5. The number of ketones is 1. The number of aromatic nitrogens is 1. The molecule has 2 aliphatic carbocycles. The van der Waals surface area contributed by atoms with Gasteiger partial charge in [-0.2, -0.15) is 0 Å². The summed E-state index contributed by atoms with van der Waals surface area (Å²) in [5.74, 6) is 0.329. The Balaban J connectivity index is 1.68. The van der Waals surface area contributed by atoms with Crippen LogP contribution in [0.4, 0.5) is 0 Å². The standard InChI is InChI=1S/C15H18N2O2/c1-17(10-12-4-2-3-9-16-12)14(19)15(7-8-15)13(18)11-5-6-11/h2-4,9,11H,5-8,10H2,1H3. The number of hydrogen-bond donors (Lipinski definition) is 0. The first-order valence-electron chi connectivity index (χ1n) is 6.83. The first kappa shape index (κ1) is 12.3. The Hall–Kier alpha value is -1.71. The van der Waals surface area contributed by atoms with E-state index in [1.807, 2.05) is 18.2 Å². The maximum atomic E-state index is 12.5. The summed E-state index contributed by atoms with van der Waals surface area (Å²) in [6, 6.07) is 5.65. The van der Waals surface area contributed by atoms with Crippen LogP contribution in [0.25, 0.3) is 0 Å². The van der Waals surface area contributed by atoms with E-state index in [1.165, 1.54) is 0 Å². The molecule has 4 heteroatoms. The minimum absolute atomic E-state index is 0.0185. The van der Waals surface area contributed by atoms with Gasteiger partial charge in [-0.25, -0.2) is 0 Å². The Bertz CT molecular complexity index is 504. The number of Topliss-reactive ketones (excluding diaryl/α,β-unsaturated/α-hetero) is 1. The zero-order valence-corrected chi connectivity index (χ0v) is 11.1. The molecule has 1 aromatic rings. The molecule has 0 bridgehead atoms. The summed E-state index contributed by atoms with van der Waals surface area (Å²) < 4.78 is 0. The van der Waals surface area contributed by atoms with Gasteiger partial charge in [-0.05, 0) is 37.8 Å². The minimum atomic E-state index is -0.676. The Morgan fingerprint density at radius 1 is 1.37 bits per heavy atom. The monoisotopic (exact) mass is 258 g/mol. The van der Waals surface area contributed by atoms with Gasteiger partial charge in [0.05, 0.1) is 12.2 Å². The van der Waals surface area contributed by atoms with Gasteiger partial charge in [-0.1, -0.05) is 6.07 Å². The molecule has 0 atom stereocenters. The largest absolute Gasteiger partial charge is 0.339 e. The molecular weight excluding hydrogens is 240 g/mol. The van der Waals surface area contributed by atoms with Gasteiger partial charge in [-0.15, -0.1) is 0 Å². The van der Waals surface area contributed by atoms with Gasteiger partial charge < -0.3 is 4.90 Å². The van der Waals surface area contributed by atoms with E-state index >= 15 is 0 Å². The molecule has 1 aromatic heterocycles. The molecule has 1 amide bonds. The van der Waals surface area contributed by atoms with Crippen LogP contribution in [0.2, 0.25) is 0 Å². The fourth-order valence-corrected chi connectivity index (χ4v) is 2.60. The summed E-state index contributed by atoms with van der Waals surface area (Å²) >= 11 is 0. The molecular formula is C15H18N2O2. The second kappa shape index (κ2) is 4.44. The van der Waals surface area contributed by atoms with Crippen molar-refractivity contribution in [1.82, 2.24) is 9.88 Å². The molecule has 0 spiro atoms. The lowest BCUT2D eigenvalue weighted by Crippen LogP contribution is -2.39. The molecule has 3 rings (SSSR count). The molecule has 100 valence electrons. The van der Waals surface area contributed by atoms with E-state index in [0.717, 1.165) is 31.4 Å². The Morgan fingerprint density at radius 2 is 2.11 bits per heavy atom. The highest BCUT2D eigenvalue weighted by molar-refractivity contribution is 6.10. The summed E-state index contributed by atoms with van der Waals surface area (Å²) in [6.45, 7) is 0.472. The Labute approximate surface area is 112 Å². The highest BCUT2D eigenvalue weighted by Crippen LogP contribution is 2.53. The van der Waals surface area contributed by atoms with Crippen molar-refractivity contribution < 1.29 is 9.59 Å². The third-order valence-corrected chi connectivity index (χ3v) is 4.05. The van der Waals surface area contributed by atoms with E-state index in [1.54, 1.807) is 18.1 Å². The van der Waals surface area contributed by atoms with Gasteiger partial charge in [0.1, 0.15) is 5.41 Å². The van der Waals surface area contributed by atoms with Crippen molar-refractivity contribution >= 4 is 11.7 Å². The van der Waals surface area contributed by atoms with Gasteiger partial charge in [0.2, 0.25) is 5.91 Å². The minimum Gasteiger partial charge on any atom is -0.339 e. The number of nitrogens with zero attached hydrogens (tertiary/aromatic N) is 2. The van der Waals surface area contributed by atoms with Gasteiger partial charge >= 0.3 is 0 Å². The van der Waals surface area contributed by atoms with Crippen LogP contribution in [0.15, 0.2) is 24.4 Å². The summed E-state index contributed by atoms with van der Waals surface area (Å²) in [6.07, 6.45) is 5.12. The summed E-state index contributed by atoms with van der Waals surface area (Å²) in [5, 5.41) is 0. The van der Waals surface area contributed by atoms with Crippen molar-refractivity contribution in [3.05, 3.63) is 30.1 Å². The normalized spacial score (nSPS) is 19.8. The van der Waals surface area contributed by atoms with E-state index in [2.05, 4.69) is 4.98 Å². The molecule has 0 unspecified atom stereocenters. The van der Waals surface area contributed by atoms with Crippen molar-refractivity contribution in [2.45, 2.75) is 32.2 Å². The maximum Gasteiger partial charge on any atom is 0.236 e. The maximum absolute atomic E-state index is 12.5. The predicted molar refractivity (Wildman–Crippen MR) is 70.1 cm³/mol. The molecule has 2 saturated carbocycles. The summed E-state index contributed by atoms with van der Waals surface area (Å²) in [4.78, 5) is 30.6. The van der Waals surface area contributed by atoms with Gasteiger partial charge in [0, 0.05) is 19.2 Å². The molecule has 4 nitrogen and oxygen atoms in total. The number of carbonyl (C=O) groups excluding carboxylic acids is 2. The zero-order chi connectivity index (χ0) is 13.5. The molecule has 2 fully saturated rings. The lowest BCUT2D eigenvalue weighted by molar-refractivity contribution is -0.143. The Kier molecular flexibility index (Phi) is 2.88. The van der Waals surface area contributed by atoms with Crippen LogP contribution < -0.4 is 0 Å². The predicted octanol–water partition coefficient (Wildman–Crippen LogP) is 1.80. The van der Waals surface area contributed by atoms with Crippen LogP contribution in [0.3, 0.4) is 0 Å². The lowest BCUT2D eigenvalue weighted by atomic mass is 9.95. The van der Waals surface area contributed by atoms with Crippen molar-refractivity contribution in [3.63, 3.8) is 0 Å². The average Bonchev–Trinajstić information content (AvgIpc) is 3.31. The van der Waals surface area contributed by atoms with Crippen molar-refractivity contribution in [3.8, 4) is 0 Å². The van der Waals surface area contributed by atoms with Gasteiger partial charge in [0.15, 0.2) is 5.78 Å². The van der Waals surface area contributed by atoms with Crippen molar-refractivity contribution in [1.29, 1.82) is 0 Å². The third-order valence-electron chi connectivity index (χ3n) is 4.05. The quantitative estimate of drug-likeness (QED) is 0.757. The van der Waals surface area contributed by atoms with Crippen molar-refractivity contribution in [2.75, 3.05) is 7.05 Å². The fraction of sp³-hybridized carbons (Fsp3) is 0.533. The van der Waals surface area contributed by atoms with Crippen molar-refractivity contribution in [2.24, 2.45) is 11.3 Å². The van der Waals surface area contributed by atoms with Crippen LogP contribution in [-0.2, 0) is 16.1 Å². The lowest BCUT2D eigenvalue weighted by Gasteiger charge is -2.22. The van der Waals surface area contributed by atoms with Crippen LogP contribution in [0, 0.1) is 11.3 Å². The van der Waals surface area contributed by atoms with E-state index < -0.39 is 5.41 Å². The number of hydrogen-bond acceptors (Lipinski definition) is 3. The first-order chi connectivity index (χ1) is 9.13. The van der Waals surface area contributed by atoms with E-state index in [4.69, 9.17) is 0 Å². The van der Waals surface area contributed by atoms with Gasteiger partial charge in [0.25, 0.3) is 0 Å². The highest BCUT2D eigenvalue weighted by Gasteiger charge is 2.60. The molecule has 0 aliphatic heterocycles. The second-order valence-corrected chi connectivity index (χ2v) is 5.70. The number of carbonyl (C=O) groups is 2. The van der Waals surface area contributed by atoms with Crippen LogP contribution >= 0.6 is 0 Å². The molecule has 0 radical (unpaired) electrons. The molecule has 1 heterocycles. The molecule has 0 aromatic carbocycles. The van der Waals surface area contributed by atoms with E-state index in [-0.39, 0.29) is 17.6 Å². The summed E-state index contributed by atoms with van der Waals surface area (Å²) in [7, 11) is 1.76. The van der Waals surface area contributed by atoms with Gasteiger partial charge in [-0.3, -0.25) is 14.6 Å². The highest BCUT2D eigenvalue weighted by atomic mass is 16.2. The molecule has 19 heavy (non-hydrogen) atoms. The zero-order valence-electron chi connectivity index (χ0n) is 11.1. The van der Waals surface area contributed by atoms with Crippen LogP contribution in [-0.4, -0.2) is 28.6 Å². The summed E-state index contributed by atoms with van der Waals surface area (Å²) in [5.41, 5.74) is 0.179. The smallest absolute Gasteiger partial charge is 0.236 e. The topological polar surface area (TPSA) is 50.3 Å². The average molecular weight is 258 g/mol. The molecule has 0 saturated heterocycles. The Morgan fingerprint density at radius 3 is 2.63 bits per heavy atom. The fourth-order valence-electron chi connectivity index (χ4n) is 2.60. The first-order valence-corrected chi connectivity index (χ1v) is 6.83. The second-order valence-electron chi connectivity index (χ2n) is 5.70. The van der Waals surface area contributed by atoms with Crippen LogP contribution in [0.5, 0.6) is 0 Å². The third kappa shape index (κ3) is 2.27. The van der Waals surface area contributed by atoms with E-state index in [0.29, 0.717) is 6.54 Å². The number of pyridine rings is 1. The molecule has 0 N–H and O–H groups in total. The molecule has 2 aliphatic rings. The number of amides is 1. The van der Waals surface area contributed by atoms with Crippen LogP contribution in [0.1, 0.15) is 31.4 Å².